The number of nitrogens with one attached hydrogen (secondary N) is 1. The molecule has 1 saturated heterocycles. The number of carbonyl (C=O) groups is 1. The maximum absolute atomic E-state index is 11.2. The van der Waals surface area contributed by atoms with E-state index in [0.717, 1.165) is 11.1 Å². The molecule has 1 fully saturated rings. The summed E-state index contributed by atoms with van der Waals surface area (Å²) in [7, 11) is 0. The van der Waals surface area contributed by atoms with Crippen molar-refractivity contribution in [1.29, 1.82) is 0 Å². The Labute approximate surface area is 171 Å². The van der Waals surface area contributed by atoms with E-state index in [1.54, 1.807) is 18.2 Å². The van der Waals surface area contributed by atoms with Crippen LogP contribution in [0, 0.1) is 0 Å². The van der Waals surface area contributed by atoms with E-state index < -0.39 is 12.0 Å². The largest absolute Gasteiger partial charge is 0.490 e. The van der Waals surface area contributed by atoms with E-state index >= 15 is 0 Å². The highest BCUT2D eigenvalue weighted by Crippen LogP contribution is 2.42. The highest BCUT2D eigenvalue weighted by molar-refractivity contribution is 7.99. The van der Waals surface area contributed by atoms with Crippen LogP contribution in [0.5, 0.6) is 11.5 Å². The lowest BCUT2D eigenvalue weighted by Gasteiger charge is -2.18. The summed E-state index contributed by atoms with van der Waals surface area (Å²) in [6, 6.07) is 10.4. The zero-order valence-electron chi connectivity index (χ0n) is 14.6. The maximum Gasteiger partial charge on any atom is 0.321 e. The lowest BCUT2D eigenvalue weighted by molar-refractivity contribution is -0.138. The van der Waals surface area contributed by atoms with Crippen molar-refractivity contribution in [3.8, 4) is 11.5 Å². The highest BCUT2D eigenvalue weighted by Gasteiger charge is 2.31. The van der Waals surface area contributed by atoms with Crippen molar-refractivity contribution in [1.82, 2.24) is 5.32 Å². The fourth-order valence-corrected chi connectivity index (χ4v) is 4.30. The van der Waals surface area contributed by atoms with E-state index in [1.807, 2.05) is 25.1 Å². The number of carboxylic acids is 1. The number of benzene rings is 2. The van der Waals surface area contributed by atoms with Crippen LogP contribution in [0.15, 0.2) is 36.4 Å². The molecule has 2 N–H and O–H groups in total. The van der Waals surface area contributed by atoms with Gasteiger partial charge in [0.2, 0.25) is 0 Å². The lowest BCUT2D eigenvalue weighted by atomic mass is 10.1. The zero-order chi connectivity index (χ0) is 19.4. The molecule has 0 saturated carbocycles. The van der Waals surface area contributed by atoms with Gasteiger partial charge in [-0.1, -0.05) is 35.3 Å². The standard InChI is InChI=1S/C19H19Cl2NO4S/c1-2-25-16-8-12(18-22-15(10-27-18)19(23)24)7-14(21)17(16)26-9-11-3-5-13(20)6-4-11/h3-8,15,18,22H,2,9-10H2,1H3,(H,23,24)/t15-,18+/m0/s1. The van der Waals surface area contributed by atoms with Crippen molar-refractivity contribution in [2.45, 2.75) is 24.9 Å². The third-order valence-electron chi connectivity index (χ3n) is 4.01. The molecule has 2 aromatic carbocycles. The molecule has 3 rings (SSSR count). The Morgan fingerprint density at radius 1 is 1.26 bits per heavy atom. The molecular formula is C19H19Cl2NO4S. The number of halogens is 2. The van der Waals surface area contributed by atoms with Crippen molar-refractivity contribution >= 4 is 40.9 Å². The Morgan fingerprint density at radius 3 is 2.63 bits per heavy atom. The van der Waals surface area contributed by atoms with Gasteiger partial charge in [-0.25, -0.2) is 0 Å². The summed E-state index contributed by atoms with van der Waals surface area (Å²) in [5.74, 6) is 0.644. The van der Waals surface area contributed by atoms with E-state index in [-0.39, 0.29) is 5.37 Å². The van der Waals surface area contributed by atoms with Crippen LogP contribution in [-0.2, 0) is 11.4 Å². The summed E-state index contributed by atoms with van der Waals surface area (Å²) >= 11 is 13.9. The molecule has 2 atom stereocenters. The molecule has 2 aromatic rings. The van der Waals surface area contributed by atoms with E-state index in [4.69, 9.17) is 37.8 Å². The number of carboxylic acid groups (broad SMARTS) is 1. The second-order valence-electron chi connectivity index (χ2n) is 5.95. The van der Waals surface area contributed by atoms with E-state index in [1.165, 1.54) is 11.8 Å². The molecule has 1 aliphatic heterocycles. The smallest absolute Gasteiger partial charge is 0.321 e. The van der Waals surface area contributed by atoms with Gasteiger partial charge in [-0.3, -0.25) is 10.1 Å². The third-order valence-corrected chi connectivity index (χ3v) is 5.81. The van der Waals surface area contributed by atoms with Gasteiger partial charge in [-0.15, -0.1) is 11.8 Å². The van der Waals surface area contributed by atoms with Gasteiger partial charge < -0.3 is 14.6 Å². The van der Waals surface area contributed by atoms with Gasteiger partial charge in [0.25, 0.3) is 0 Å². The van der Waals surface area contributed by atoms with Crippen LogP contribution >= 0.6 is 35.0 Å². The van der Waals surface area contributed by atoms with Crippen LogP contribution in [0.25, 0.3) is 0 Å². The van der Waals surface area contributed by atoms with Crippen molar-refractivity contribution in [2.24, 2.45) is 0 Å². The van der Waals surface area contributed by atoms with Crippen molar-refractivity contribution < 1.29 is 19.4 Å². The fourth-order valence-electron chi connectivity index (χ4n) is 2.68. The Kier molecular flexibility index (Phi) is 6.76. The molecule has 1 aliphatic rings. The fraction of sp³-hybridized carbons (Fsp3) is 0.316. The van der Waals surface area contributed by atoms with Gasteiger partial charge in [0, 0.05) is 10.8 Å². The average Bonchev–Trinajstić information content (AvgIpc) is 3.13. The van der Waals surface area contributed by atoms with Crippen molar-refractivity contribution in [3.05, 3.63) is 57.6 Å². The molecule has 8 heteroatoms. The monoisotopic (exact) mass is 427 g/mol. The molecule has 1 heterocycles. The molecule has 5 nitrogen and oxygen atoms in total. The maximum atomic E-state index is 11.2. The van der Waals surface area contributed by atoms with Gasteiger partial charge in [-0.05, 0) is 42.3 Å². The summed E-state index contributed by atoms with van der Waals surface area (Å²) in [5.41, 5.74) is 1.82. The number of hydrogen-bond acceptors (Lipinski definition) is 5. The minimum Gasteiger partial charge on any atom is -0.490 e. The zero-order valence-corrected chi connectivity index (χ0v) is 16.9. The van der Waals surface area contributed by atoms with Crippen LogP contribution in [0.3, 0.4) is 0 Å². The van der Waals surface area contributed by atoms with Crippen LogP contribution in [0.4, 0.5) is 0 Å². The van der Waals surface area contributed by atoms with Gasteiger partial charge in [-0.2, -0.15) is 0 Å². The average molecular weight is 428 g/mol. The van der Waals surface area contributed by atoms with Crippen LogP contribution in [0.2, 0.25) is 10.0 Å². The topological polar surface area (TPSA) is 67.8 Å². The van der Waals surface area contributed by atoms with Gasteiger partial charge >= 0.3 is 5.97 Å². The highest BCUT2D eigenvalue weighted by atomic mass is 35.5. The summed E-state index contributed by atoms with van der Waals surface area (Å²) in [6.45, 7) is 2.67. The SMILES string of the molecule is CCOc1cc([C@@H]2N[C@H](C(=O)O)CS2)cc(Cl)c1OCc1ccc(Cl)cc1. The molecule has 0 amide bonds. The van der Waals surface area contributed by atoms with Gasteiger partial charge in [0.15, 0.2) is 11.5 Å². The predicted molar refractivity (Wildman–Crippen MR) is 108 cm³/mol. The first kappa shape index (κ1) is 20.1. The quantitative estimate of drug-likeness (QED) is 0.663. The number of hydrogen-bond donors (Lipinski definition) is 2. The number of ether oxygens (including phenoxy) is 2. The van der Waals surface area contributed by atoms with Crippen molar-refractivity contribution in [3.63, 3.8) is 0 Å². The number of rotatable bonds is 7. The molecule has 0 unspecified atom stereocenters. The Bertz CT molecular complexity index is 816. The molecule has 0 radical (unpaired) electrons. The molecule has 0 aliphatic carbocycles. The molecule has 144 valence electrons. The van der Waals surface area contributed by atoms with E-state index in [0.29, 0.717) is 40.5 Å². The Balaban J connectivity index is 1.79. The molecule has 27 heavy (non-hydrogen) atoms. The van der Waals surface area contributed by atoms with Crippen LogP contribution < -0.4 is 14.8 Å². The van der Waals surface area contributed by atoms with Gasteiger partial charge in [0.1, 0.15) is 12.6 Å². The Hall–Kier alpha value is -1.60. The Morgan fingerprint density at radius 2 is 2.00 bits per heavy atom. The summed E-state index contributed by atoms with van der Waals surface area (Å²) in [5, 5.41) is 13.2. The van der Waals surface area contributed by atoms with Crippen LogP contribution in [0.1, 0.15) is 23.4 Å². The summed E-state index contributed by atoms with van der Waals surface area (Å²) < 4.78 is 11.6. The third kappa shape index (κ3) is 5.02. The predicted octanol–water partition coefficient (Wildman–Crippen LogP) is 4.76. The minimum atomic E-state index is -0.857. The normalized spacial score (nSPS) is 19.1. The molecule has 0 bridgehead atoms. The van der Waals surface area contributed by atoms with Gasteiger partial charge in [0.05, 0.1) is 17.0 Å². The van der Waals surface area contributed by atoms with Crippen molar-refractivity contribution in [2.75, 3.05) is 12.4 Å². The number of thioether (sulfide) groups is 1. The first-order valence-electron chi connectivity index (χ1n) is 8.42. The van der Waals surface area contributed by atoms with E-state index in [9.17, 15) is 4.79 Å². The lowest BCUT2D eigenvalue weighted by Crippen LogP contribution is -2.33. The summed E-state index contributed by atoms with van der Waals surface area (Å²) in [4.78, 5) is 11.2. The second-order valence-corrected chi connectivity index (χ2v) is 7.93. The summed E-state index contributed by atoms with van der Waals surface area (Å²) in [6.07, 6.45) is 0. The second kappa shape index (κ2) is 9.06. The minimum absolute atomic E-state index is 0.159. The number of aliphatic carboxylic acids is 1. The molecule has 0 spiro atoms. The molecule has 0 aromatic heterocycles. The van der Waals surface area contributed by atoms with E-state index in [2.05, 4.69) is 5.32 Å². The molecular weight excluding hydrogens is 409 g/mol. The first-order chi connectivity index (χ1) is 13.0. The first-order valence-corrected chi connectivity index (χ1v) is 10.2. The van der Waals surface area contributed by atoms with Crippen LogP contribution in [-0.4, -0.2) is 29.5 Å².